The molecule has 0 aliphatic carbocycles. The molecule has 0 saturated carbocycles. The lowest BCUT2D eigenvalue weighted by Gasteiger charge is -2.26. The van der Waals surface area contributed by atoms with Crippen LogP contribution < -0.4 is 4.74 Å². The van der Waals surface area contributed by atoms with Crippen LogP contribution in [0.3, 0.4) is 0 Å². The van der Waals surface area contributed by atoms with Gasteiger partial charge in [0.2, 0.25) is 5.88 Å². The quantitative estimate of drug-likeness (QED) is 0.789. The van der Waals surface area contributed by atoms with Crippen molar-refractivity contribution in [1.82, 2.24) is 4.98 Å². The minimum Gasteiger partial charge on any atom is -0.481 e. The Bertz CT molecular complexity index is 646. The van der Waals surface area contributed by atoms with Gasteiger partial charge in [-0.05, 0) is 31.7 Å². The van der Waals surface area contributed by atoms with E-state index in [-0.39, 0.29) is 27.8 Å². The number of hydrogen-bond donors (Lipinski definition) is 0. The van der Waals surface area contributed by atoms with E-state index in [1.807, 2.05) is 0 Å². The number of alkyl halides is 3. The average molecular weight is 347 g/mol. The molecule has 2 atom stereocenters. The van der Waals surface area contributed by atoms with E-state index in [9.17, 15) is 22.2 Å². The smallest absolute Gasteiger partial charge is 0.421 e. The molecule has 126 valence electrons. The van der Waals surface area contributed by atoms with Crippen LogP contribution in [0.1, 0.15) is 41.6 Å². The van der Waals surface area contributed by atoms with Gasteiger partial charge in [-0.2, -0.15) is 13.2 Å². The van der Waals surface area contributed by atoms with E-state index in [1.54, 1.807) is 0 Å². The summed E-state index contributed by atoms with van der Waals surface area (Å²) in [6.45, 7) is 0. The fourth-order valence-electron chi connectivity index (χ4n) is 3.44. The Morgan fingerprint density at radius 1 is 1.30 bits per heavy atom. The van der Waals surface area contributed by atoms with Gasteiger partial charge in [0, 0.05) is 39.0 Å². The number of pyridine rings is 1. The van der Waals surface area contributed by atoms with E-state index in [4.69, 9.17) is 0 Å². The van der Waals surface area contributed by atoms with E-state index in [2.05, 4.69) is 9.72 Å². The molecule has 2 unspecified atom stereocenters. The normalized spacial score (nSPS) is 30.3. The van der Waals surface area contributed by atoms with Crippen molar-refractivity contribution in [3.63, 3.8) is 0 Å². The monoisotopic (exact) mass is 347 g/mol. The summed E-state index contributed by atoms with van der Waals surface area (Å²) < 4.78 is 55.7. The zero-order chi connectivity index (χ0) is 16.8. The Hall–Kier alpha value is -1.44. The maximum absolute atomic E-state index is 13.0. The molecule has 2 bridgehead atoms. The molecule has 0 aromatic carbocycles. The molecule has 0 spiro atoms. The van der Waals surface area contributed by atoms with Crippen molar-refractivity contribution in [2.45, 2.75) is 42.4 Å². The Kier molecular flexibility index (Phi) is 4.20. The second-order valence-electron chi connectivity index (χ2n) is 5.96. The Morgan fingerprint density at radius 2 is 1.91 bits per heavy atom. The first-order valence-corrected chi connectivity index (χ1v) is 8.63. The number of halogens is 3. The summed E-state index contributed by atoms with van der Waals surface area (Å²) >= 11 is 0. The minimum absolute atomic E-state index is 0.00371. The molecule has 3 heterocycles. The standard InChI is InChI=1S/C15H16F3NO3S/c1-22-14-12(15(16,17)18)6-9(7-19-14)13(20)8-4-10-2-3-11(5-8)23(10)21/h6-8,10-11H,2-5H2,1H3. The largest absolute Gasteiger partial charge is 0.481 e. The lowest BCUT2D eigenvalue weighted by Crippen LogP contribution is -2.32. The zero-order valence-electron chi connectivity index (χ0n) is 12.4. The highest BCUT2D eigenvalue weighted by Gasteiger charge is 2.43. The molecule has 8 heteroatoms. The van der Waals surface area contributed by atoms with Crippen LogP contribution in [-0.2, 0) is 17.0 Å². The summed E-state index contributed by atoms with van der Waals surface area (Å²) in [4.78, 5) is 16.2. The van der Waals surface area contributed by atoms with Gasteiger partial charge in [0.25, 0.3) is 0 Å². The number of methoxy groups -OCH3 is 1. The summed E-state index contributed by atoms with van der Waals surface area (Å²) in [6.07, 6.45) is -0.887. The summed E-state index contributed by atoms with van der Waals surface area (Å²) in [7, 11) is 0.201. The third kappa shape index (κ3) is 3.00. The molecule has 3 rings (SSSR count). The average Bonchev–Trinajstić information content (AvgIpc) is 2.74. The van der Waals surface area contributed by atoms with E-state index in [1.165, 1.54) is 0 Å². The SMILES string of the molecule is COc1ncc(C(=O)C2CC3CCC(C2)S3=O)cc1C(F)(F)F. The van der Waals surface area contributed by atoms with Gasteiger partial charge in [0.1, 0.15) is 5.56 Å². The fraction of sp³-hybridized carbons (Fsp3) is 0.600. The van der Waals surface area contributed by atoms with E-state index in [0.717, 1.165) is 32.2 Å². The predicted molar refractivity (Wildman–Crippen MR) is 77.8 cm³/mol. The molecule has 0 N–H and O–H groups in total. The van der Waals surface area contributed by atoms with Crippen molar-refractivity contribution in [3.8, 4) is 5.88 Å². The number of Topliss-reactive ketones (excluding diaryl/α,β-unsaturated/α-hetero) is 1. The van der Waals surface area contributed by atoms with Gasteiger partial charge in [0.05, 0.1) is 7.11 Å². The van der Waals surface area contributed by atoms with Crippen LogP contribution in [-0.4, -0.2) is 32.6 Å². The Labute approximate surface area is 133 Å². The Morgan fingerprint density at radius 3 is 2.43 bits per heavy atom. The molecule has 2 aliphatic rings. The van der Waals surface area contributed by atoms with E-state index in [0.29, 0.717) is 12.8 Å². The van der Waals surface area contributed by atoms with Crippen LogP contribution in [0, 0.1) is 5.92 Å². The molecule has 0 radical (unpaired) electrons. The molecule has 2 saturated heterocycles. The molecule has 2 fully saturated rings. The summed E-state index contributed by atoms with van der Waals surface area (Å²) in [5, 5.41) is -0.00742. The molecule has 4 nitrogen and oxygen atoms in total. The Balaban J connectivity index is 1.87. The molecular weight excluding hydrogens is 331 g/mol. The molecule has 1 aromatic heterocycles. The number of rotatable bonds is 3. The van der Waals surface area contributed by atoms with Gasteiger partial charge >= 0.3 is 6.18 Å². The first-order valence-electron chi connectivity index (χ1n) is 7.36. The van der Waals surface area contributed by atoms with Crippen LogP contribution in [0.5, 0.6) is 5.88 Å². The van der Waals surface area contributed by atoms with Crippen molar-refractivity contribution in [2.75, 3.05) is 7.11 Å². The van der Waals surface area contributed by atoms with Crippen molar-refractivity contribution in [2.24, 2.45) is 5.92 Å². The highest BCUT2D eigenvalue weighted by Crippen LogP contribution is 2.41. The van der Waals surface area contributed by atoms with Crippen molar-refractivity contribution in [1.29, 1.82) is 0 Å². The number of carbonyl (C=O) groups is 1. The van der Waals surface area contributed by atoms with Crippen molar-refractivity contribution >= 4 is 16.6 Å². The number of hydrogen-bond acceptors (Lipinski definition) is 4. The first kappa shape index (κ1) is 16.4. The summed E-state index contributed by atoms with van der Waals surface area (Å²) in [6, 6.07) is 0.807. The molecule has 23 heavy (non-hydrogen) atoms. The van der Waals surface area contributed by atoms with Gasteiger partial charge in [-0.15, -0.1) is 0 Å². The maximum Gasteiger partial charge on any atom is 0.421 e. The van der Waals surface area contributed by atoms with Crippen molar-refractivity contribution in [3.05, 3.63) is 23.4 Å². The molecule has 2 aliphatic heterocycles. The molecule has 0 amide bonds. The van der Waals surface area contributed by atoms with Crippen LogP contribution in [0.4, 0.5) is 13.2 Å². The number of fused-ring (bicyclic) bond motifs is 2. The van der Waals surface area contributed by atoms with E-state index >= 15 is 0 Å². The summed E-state index contributed by atoms with van der Waals surface area (Å²) in [5.74, 6) is -1.26. The van der Waals surface area contributed by atoms with Crippen LogP contribution >= 0.6 is 0 Å². The van der Waals surface area contributed by atoms with Crippen molar-refractivity contribution < 1.29 is 26.9 Å². The summed E-state index contributed by atoms with van der Waals surface area (Å²) in [5.41, 5.74) is -1.11. The number of ether oxygens (including phenoxy) is 1. The highest BCUT2D eigenvalue weighted by molar-refractivity contribution is 7.86. The molecule has 1 aromatic rings. The number of aromatic nitrogens is 1. The third-order valence-electron chi connectivity index (χ3n) is 4.57. The highest BCUT2D eigenvalue weighted by atomic mass is 32.2. The molecular formula is C15H16F3NO3S. The van der Waals surface area contributed by atoms with Gasteiger partial charge in [0.15, 0.2) is 5.78 Å². The van der Waals surface area contributed by atoms with Gasteiger partial charge in [-0.25, -0.2) is 4.98 Å². The second kappa shape index (κ2) is 5.89. The van der Waals surface area contributed by atoms with E-state index < -0.39 is 28.4 Å². The van der Waals surface area contributed by atoms with Gasteiger partial charge < -0.3 is 4.74 Å². The first-order chi connectivity index (χ1) is 10.8. The maximum atomic E-state index is 13.0. The lowest BCUT2D eigenvalue weighted by atomic mass is 9.90. The third-order valence-corrected chi connectivity index (χ3v) is 6.74. The van der Waals surface area contributed by atoms with Crippen LogP contribution in [0.25, 0.3) is 0 Å². The number of ketones is 1. The van der Waals surface area contributed by atoms with Crippen LogP contribution in [0.15, 0.2) is 12.3 Å². The topological polar surface area (TPSA) is 56.3 Å². The fourth-order valence-corrected chi connectivity index (χ4v) is 5.56. The lowest BCUT2D eigenvalue weighted by molar-refractivity contribution is -0.139. The van der Waals surface area contributed by atoms with Crippen LogP contribution in [0.2, 0.25) is 0 Å². The number of carbonyl (C=O) groups excluding carboxylic acids is 1. The predicted octanol–water partition coefficient (Wildman–Crippen LogP) is 2.98. The second-order valence-corrected chi connectivity index (χ2v) is 7.95. The minimum atomic E-state index is -4.64. The number of nitrogens with zero attached hydrogens (tertiary/aromatic N) is 1. The van der Waals surface area contributed by atoms with Gasteiger partial charge in [-0.3, -0.25) is 9.00 Å². The zero-order valence-corrected chi connectivity index (χ0v) is 13.2. The van der Waals surface area contributed by atoms with Gasteiger partial charge in [-0.1, -0.05) is 0 Å².